The number of carboxylic acids is 1. The van der Waals surface area contributed by atoms with Crippen molar-refractivity contribution in [1.82, 2.24) is 14.0 Å². The van der Waals surface area contributed by atoms with E-state index >= 15 is 0 Å². The van der Waals surface area contributed by atoms with E-state index in [4.69, 9.17) is 5.11 Å². The molecule has 0 saturated carbocycles. The number of aromatic nitrogens is 1. The molecule has 1 unspecified atom stereocenters. The van der Waals surface area contributed by atoms with Gasteiger partial charge in [-0.05, 0) is 37.0 Å². The van der Waals surface area contributed by atoms with E-state index in [1.54, 1.807) is 24.5 Å². The van der Waals surface area contributed by atoms with Gasteiger partial charge < -0.3 is 5.11 Å². The number of carboxylic acid groups (broad SMARTS) is 1. The molecule has 1 atom stereocenters. The van der Waals surface area contributed by atoms with Gasteiger partial charge in [0, 0.05) is 25.5 Å². The van der Waals surface area contributed by atoms with E-state index in [-0.39, 0.29) is 13.1 Å². The molecule has 1 fully saturated rings. The van der Waals surface area contributed by atoms with Crippen LogP contribution in [0.3, 0.4) is 0 Å². The lowest BCUT2D eigenvalue weighted by Gasteiger charge is -2.31. The molecule has 0 radical (unpaired) electrons. The van der Waals surface area contributed by atoms with Crippen molar-refractivity contribution in [1.29, 1.82) is 0 Å². The van der Waals surface area contributed by atoms with Crippen LogP contribution >= 0.6 is 0 Å². The van der Waals surface area contributed by atoms with Crippen LogP contribution in [0.4, 0.5) is 0 Å². The Morgan fingerprint density at radius 1 is 1.40 bits per heavy atom. The van der Waals surface area contributed by atoms with Gasteiger partial charge in [0.25, 0.3) is 10.2 Å². The largest absolute Gasteiger partial charge is 0.480 e. The number of piperidine rings is 1. The highest BCUT2D eigenvalue weighted by Crippen LogP contribution is 2.20. The van der Waals surface area contributed by atoms with Crippen molar-refractivity contribution in [2.75, 3.05) is 6.54 Å². The molecular formula is C12H17N3O4S. The molecule has 1 aromatic heterocycles. The Morgan fingerprint density at radius 2 is 2.10 bits per heavy atom. The van der Waals surface area contributed by atoms with Gasteiger partial charge in [-0.2, -0.15) is 17.4 Å². The third-order valence-electron chi connectivity index (χ3n) is 3.26. The van der Waals surface area contributed by atoms with Gasteiger partial charge in [0.15, 0.2) is 0 Å². The van der Waals surface area contributed by atoms with Crippen LogP contribution in [0.15, 0.2) is 24.5 Å². The van der Waals surface area contributed by atoms with Crippen LogP contribution in [0.2, 0.25) is 0 Å². The lowest BCUT2D eigenvalue weighted by molar-refractivity contribution is -0.142. The Bertz CT molecular complexity index is 561. The zero-order valence-corrected chi connectivity index (χ0v) is 11.7. The zero-order valence-electron chi connectivity index (χ0n) is 10.9. The number of hydrogen-bond acceptors (Lipinski definition) is 4. The molecule has 2 rings (SSSR count). The van der Waals surface area contributed by atoms with E-state index in [0.29, 0.717) is 12.8 Å². The summed E-state index contributed by atoms with van der Waals surface area (Å²) in [5.41, 5.74) is 0.771. The summed E-state index contributed by atoms with van der Waals surface area (Å²) in [6, 6.07) is 2.43. The third-order valence-corrected chi connectivity index (χ3v) is 4.82. The second kappa shape index (κ2) is 6.29. The average molecular weight is 299 g/mol. The highest BCUT2D eigenvalue weighted by molar-refractivity contribution is 7.87. The number of carbonyl (C=O) groups is 1. The molecule has 2 N–H and O–H groups in total. The first-order chi connectivity index (χ1) is 9.50. The number of aliphatic carboxylic acids is 1. The number of nitrogens with zero attached hydrogens (tertiary/aromatic N) is 2. The normalized spacial score (nSPS) is 20.7. The number of hydrogen-bond donors (Lipinski definition) is 2. The van der Waals surface area contributed by atoms with E-state index < -0.39 is 22.2 Å². The van der Waals surface area contributed by atoms with Gasteiger partial charge in [0.05, 0.1) is 0 Å². The van der Waals surface area contributed by atoms with Crippen LogP contribution < -0.4 is 4.72 Å². The van der Waals surface area contributed by atoms with Crippen LogP contribution in [0.25, 0.3) is 0 Å². The molecule has 20 heavy (non-hydrogen) atoms. The van der Waals surface area contributed by atoms with E-state index in [1.807, 2.05) is 0 Å². The fourth-order valence-electron chi connectivity index (χ4n) is 2.20. The van der Waals surface area contributed by atoms with Crippen LogP contribution in [-0.4, -0.2) is 41.4 Å². The average Bonchev–Trinajstić information content (AvgIpc) is 2.46. The van der Waals surface area contributed by atoms with Gasteiger partial charge in [0.2, 0.25) is 0 Å². The molecule has 0 spiro atoms. The Balaban J connectivity index is 2.06. The van der Waals surface area contributed by atoms with E-state index in [1.165, 1.54) is 0 Å². The summed E-state index contributed by atoms with van der Waals surface area (Å²) in [6.45, 7) is 0.357. The molecule has 1 aliphatic heterocycles. The maximum absolute atomic E-state index is 12.2. The van der Waals surface area contributed by atoms with Crippen molar-refractivity contribution < 1.29 is 18.3 Å². The summed E-state index contributed by atoms with van der Waals surface area (Å²) < 4.78 is 27.9. The summed E-state index contributed by atoms with van der Waals surface area (Å²) in [5.74, 6) is -1.10. The molecule has 1 aromatic rings. The second-order valence-corrected chi connectivity index (χ2v) is 6.35. The van der Waals surface area contributed by atoms with Gasteiger partial charge in [0.1, 0.15) is 6.04 Å². The second-order valence-electron chi connectivity index (χ2n) is 4.64. The minimum absolute atomic E-state index is 0.119. The smallest absolute Gasteiger partial charge is 0.322 e. The summed E-state index contributed by atoms with van der Waals surface area (Å²) in [6.07, 6.45) is 4.91. The lowest BCUT2D eigenvalue weighted by atomic mass is 10.1. The maximum atomic E-state index is 12.2. The highest BCUT2D eigenvalue weighted by Gasteiger charge is 2.36. The molecule has 0 aliphatic carbocycles. The maximum Gasteiger partial charge on any atom is 0.322 e. The number of pyridine rings is 1. The third kappa shape index (κ3) is 3.53. The van der Waals surface area contributed by atoms with Gasteiger partial charge in [-0.3, -0.25) is 9.78 Å². The van der Waals surface area contributed by atoms with Crippen LogP contribution in [0.1, 0.15) is 24.8 Å². The molecule has 1 saturated heterocycles. The Hall–Kier alpha value is -1.51. The van der Waals surface area contributed by atoms with Gasteiger partial charge >= 0.3 is 5.97 Å². The SMILES string of the molecule is O=C(O)C1CCCCN1S(=O)(=O)NCc1ccncc1. The fourth-order valence-corrected chi connectivity index (χ4v) is 3.61. The summed E-state index contributed by atoms with van der Waals surface area (Å²) in [5, 5.41) is 9.12. The molecule has 0 amide bonds. The van der Waals surface area contributed by atoms with E-state index in [2.05, 4.69) is 9.71 Å². The van der Waals surface area contributed by atoms with Crippen molar-refractivity contribution in [3.8, 4) is 0 Å². The first-order valence-electron chi connectivity index (χ1n) is 6.39. The van der Waals surface area contributed by atoms with Crippen molar-refractivity contribution in [3.05, 3.63) is 30.1 Å². The Labute approximate surface area is 117 Å². The number of nitrogens with one attached hydrogen (secondary N) is 1. The molecule has 0 aromatic carbocycles. The van der Waals surface area contributed by atoms with Crippen LogP contribution in [0.5, 0.6) is 0 Å². The predicted octanol–water partition coefficient (Wildman–Crippen LogP) is 0.355. The van der Waals surface area contributed by atoms with Gasteiger partial charge in [-0.25, -0.2) is 0 Å². The lowest BCUT2D eigenvalue weighted by Crippen LogP contribution is -2.51. The van der Waals surface area contributed by atoms with Gasteiger partial charge in [-0.15, -0.1) is 0 Å². The topological polar surface area (TPSA) is 99.6 Å². The molecule has 2 heterocycles. The molecule has 110 valence electrons. The van der Waals surface area contributed by atoms with Crippen LogP contribution in [0, 0.1) is 0 Å². The standard InChI is InChI=1S/C12H17N3O4S/c16-12(17)11-3-1-2-8-15(11)20(18,19)14-9-10-4-6-13-7-5-10/h4-7,11,14H,1-3,8-9H2,(H,16,17). The first kappa shape index (κ1) is 14.9. The molecular weight excluding hydrogens is 282 g/mol. The fraction of sp³-hybridized carbons (Fsp3) is 0.500. The predicted molar refractivity (Wildman–Crippen MR) is 72.0 cm³/mol. The van der Waals surface area contributed by atoms with E-state index in [0.717, 1.165) is 16.3 Å². The van der Waals surface area contributed by atoms with Crippen molar-refractivity contribution in [3.63, 3.8) is 0 Å². The Morgan fingerprint density at radius 3 is 2.75 bits per heavy atom. The minimum Gasteiger partial charge on any atom is -0.480 e. The monoisotopic (exact) mass is 299 g/mol. The van der Waals surface area contributed by atoms with Crippen LogP contribution in [-0.2, 0) is 21.5 Å². The first-order valence-corrected chi connectivity index (χ1v) is 7.83. The summed E-state index contributed by atoms with van der Waals surface area (Å²) in [7, 11) is -3.79. The molecule has 7 nitrogen and oxygen atoms in total. The summed E-state index contributed by atoms with van der Waals surface area (Å²) in [4.78, 5) is 15.0. The van der Waals surface area contributed by atoms with Crippen molar-refractivity contribution in [2.45, 2.75) is 31.8 Å². The van der Waals surface area contributed by atoms with Crippen molar-refractivity contribution >= 4 is 16.2 Å². The number of rotatable bonds is 5. The van der Waals surface area contributed by atoms with Crippen molar-refractivity contribution in [2.24, 2.45) is 0 Å². The zero-order chi connectivity index (χ0) is 14.6. The van der Waals surface area contributed by atoms with Gasteiger partial charge in [-0.1, -0.05) is 0 Å². The molecule has 1 aliphatic rings. The molecule has 8 heteroatoms. The summed E-state index contributed by atoms with van der Waals surface area (Å²) >= 11 is 0. The highest BCUT2D eigenvalue weighted by atomic mass is 32.2. The van der Waals surface area contributed by atoms with E-state index in [9.17, 15) is 13.2 Å². The molecule has 0 bridgehead atoms. The quantitative estimate of drug-likeness (QED) is 0.817. The Kier molecular flexibility index (Phi) is 4.69. The minimum atomic E-state index is -3.79.